The van der Waals surface area contributed by atoms with Gasteiger partial charge in [-0.2, -0.15) is 0 Å². The van der Waals surface area contributed by atoms with Crippen LogP contribution in [0.5, 0.6) is 5.75 Å². The third-order valence-corrected chi connectivity index (χ3v) is 2.27. The largest absolute Gasteiger partial charge is 0.479 e. The normalized spacial score (nSPS) is 11.8. The van der Waals surface area contributed by atoms with Crippen LogP contribution in [0.4, 0.5) is 0 Å². The number of ether oxygens (including phenoxy) is 1. The zero-order valence-corrected chi connectivity index (χ0v) is 9.64. The summed E-state index contributed by atoms with van der Waals surface area (Å²) in [5, 5.41) is 16.2. The maximum atomic E-state index is 10.9. The second kappa shape index (κ2) is 5.89. The van der Waals surface area contributed by atoms with E-state index in [1.165, 1.54) is 0 Å². The third kappa shape index (κ3) is 3.79. The van der Waals surface area contributed by atoms with Crippen molar-refractivity contribution >= 4 is 11.8 Å². The first-order chi connectivity index (χ1) is 8.04. The van der Waals surface area contributed by atoms with E-state index in [-0.39, 0.29) is 5.84 Å². The maximum Gasteiger partial charge on any atom is 0.344 e. The summed E-state index contributed by atoms with van der Waals surface area (Å²) < 4.78 is 5.34. The van der Waals surface area contributed by atoms with E-state index >= 15 is 0 Å². The molecule has 1 aromatic rings. The standard InChI is InChI=1S/C12H16N2O3/c1-2-3-10(12(15)16)17-9-6-4-8(5-7-9)11(13)14/h4-7,10H,2-3H2,1H3,(H3,13,14)(H,15,16). The van der Waals surface area contributed by atoms with Crippen molar-refractivity contribution in [3.05, 3.63) is 29.8 Å². The fourth-order valence-corrected chi connectivity index (χ4v) is 1.37. The molecule has 92 valence electrons. The summed E-state index contributed by atoms with van der Waals surface area (Å²) in [6, 6.07) is 6.48. The van der Waals surface area contributed by atoms with E-state index in [0.717, 1.165) is 6.42 Å². The van der Waals surface area contributed by atoms with Gasteiger partial charge in [-0.1, -0.05) is 13.3 Å². The monoisotopic (exact) mass is 236 g/mol. The number of nitrogens with two attached hydrogens (primary N) is 1. The molecule has 0 bridgehead atoms. The minimum Gasteiger partial charge on any atom is -0.479 e. The number of nitrogen functional groups attached to an aromatic ring is 1. The van der Waals surface area contributed by atoms with Crippen molar-refractivity contribution in [1.82, 2.24) is 0 Å². The molecule has 0 heterocycles. The smallest absolute Gasteiger partial charge is 0.344 e. The molecule has 0 aliphatic heterocycles. The Morgan fingerprint density at radius 2 is 2.06 bits per heavy atom. The number of hydrogen-bond donors (Lipinski definition) is 3. The molecule has 1 aromatic carbocycles. The third-order valence-electron chi connectivity index (χ3n) is 2.27. The lowest BCUT2D eigenvalue weighted by Crippen LogP contribution is -2.26. The van der Waals surface area contributed by atoms with Crippen molar-refractivity contribution in [3.8, 4) is 5.75 Å². The van der Waals surface area contributed by atoms with Gasteiger partial charge in [0.1, 0.15) is 11.6 Å². The predicted octanol–water partition coefficient (Wildman–Crippen LogP) is 1.60. The molecule has 0 aliphatic rings. The van der Waals surface area contributed by atoms with E-state index in [4.69, 9.17) is 21.0 Å². The Labute approximate surface area is 99.7 Å². The molecule has 0 saturated heterocycles. The summed E-state index contributed by atoms with van der Waals surface area (Å²) >= 11 is 0. The second-order valence-corrected chi connectivity index (χ2v) is 3.67. The Bertz CT molecular complexity index is 401. The Hall–Kier alpha value is -2.04. The highest BCUT2D eigenvalue weighted by Crippen LogP contribution is 2.15. The van der Waals surface area contributed by atoms with Gasteiger partial charge in [0.05, 0.1) is 0 Å². The van der Waals surface area contributed by atoms with Crippen LogP contribution in [0.15, 0.2) is 24.3 Å². The minimum absolute atomic E-state index is 0.0279. The topological polar surface area (TPSA) is 96.4 Å². The van der Waals surface area contributed by atoms with Crippen LogP contribution in [0.3, 0.4) is 0 Å². The van der Waals surface area contributed by atoms with Gasteiger partial charge in [0.25, 0.3) is 0 Å². The zero-order chi connectivity index (χ0) is 12.8. The molecular formula is C12H16N2O3. The Balaban J connectivity index is 2.73. The molecule has 0 aromatic heterocycles. The van der Waals surface area contributed by atoms with E-state index in [1.54, 1.807) is 24.3 Å². The first-order valence-corrected chi connectivity index (χ1v) is 5.38. The van der Waals surface area contributed by atoms with Crippen molar-refractivity contribution in [1.29, 1.82) is 5.41 Å². The van der Waals surface area contributed by atoms with Crippen molar-refractivity contribution in [3.63, 3.8) is 0 Å². The lowest BCUT2D eigenvalue weighted by Gasteiger charge is -2.14. The van der Waals surface area contributed by atoms with Crippen molar-refractivity contribution in [2.45, 2.75) is 25.9 Å². The zero-order valence-electron chi connectivity index (χ0n) is 9.64. The van der Waals surface area contributed by atoms with E-state index in [9.17, 15) is 4.79 Å². The Morgan fingerprint density at radius 1 is 1.47 bits per heavy atom. The van der Waals surface area contributed by atoms with Crippen LogP contribution < -0.4 is 10.5 Å². The van der Waals surface area contributed by atoms with E-state index in [0.29, 0.717) is 17.7 Å². The molecule has 0 aliphatic carbocycles. The molecule has 1 atom stereocenters. The summed E-state index contributed by atoms with van der Waals surface area (Å²) in [5.41, 5.74) is 5.89. The maximum absolute atomic E-state index is 10.9. The van der Waals surface area contributed by atoms with Crippen LogP contribution in [0, 0.1) is 5.41 Å². The number of carbonyl (C=O) groups is 1. The fraction of sp³-hybridized carbons (Fsp3) is 0.333. The molecule has 0 saturated carbocycles. The quantitative estimate of drug-likeness (QED) is 0.516. The highest BCUT2D eigenvalue weighted by atomic mass is 16.5. The minimum atomic E-state index is -0.970. The van der Waals surface area contributed by atoms with E-state index < -0.39 is 12.1 Å². The van der Waals surface area contributed by atoms with Crippen LogP contribution >= 0.6 is 0 Å². The van der Waals surface area contributed by atoms with Gasteiger partial charge < -0.3 is 15.6 Å². The van der Waals surface area contributed by atoms with Crippen molar-refractivity contribution < 1.29 is 14.6 Å². The molecule has 1 unspecified atom stereocenters. The summed E-state index contributed by atoms with van der Waals surface area (Å²) in [4.78, 5) is 10.9. The molecule has 4 N–H and O–H groups in total. The average Bonchev–Trinajstić information content (AvgIpc) is 2.29. The summed E-state index contributed by atoms with van der Waals surface area (Å²) in [5.74, 6) is -0.529. The molecular weight excluding hydrogens is 220 g/mol. The van der Waals surface area contributed by atoms with Gasteiger partial charge in [0.2, 0.25) is 0 Å². The SMILES string of the molecule is CCCC(Oc1ccc(C(=N)N)cc1)C(=O)O. The first-order valence-electron chi connectivity index (χ1n) is 5.38. The Kier molecular flexibility index (Phi) is 4.51. The predicted molar refractivity (Wildman–Crippen MR) is 64.4 cm³/mol. The number of rotatable bonds is 6. The lowest BCUT2D eigenvalue weighted by atomic mass is 10.2. The summed E-state index contributed by atoms with van der Waals surface area (Å²) in [6.45, 7) is 1.90. The van der Waals surface area contributed by atoms with Crippen molar-refractivity contribution in [2.24, 2.45) is 5.73 Å². The number of carboxylic acid groups (broad SMARTS) is 1. The van der Waals surface area contributed by atoms with Gasteiger partial charge >= 0.3 is 5.97 Å². The molecule has 0 radical (unpaired) electrons. The molecule has 0 fully saturated rings. The second-order valence-electron chi connectivity index (χ2n) is 3.67. The summed E-state index contributed by atoms with van der Waals surface area (Å²) in [6.07, 6.45) is 0.370. The molecule has 0 amide bonds. The van der Waals surface area contributed by atoms with Gasteiger partial charge in [-0.05, 0) is 30.7 Å². The Morgan fingerprint density at radius 3 is 2.47 bits per heavy atom. The van der Waals surface area contributed by atoms with Crippen LogP contribution in [-0.4, -0.2) is 23.0 Å². The number of benzene rings is 1. The van der Waals surface area contributed by atoms with Gasteiger partial charge in [-0.3, -0.25) is 5.41 Å². The molecule has 0 spiro atoms. The number of carboxylic acids is 1. The van der Waals surface area contributed by atoms with Crippen LogP contribution in [0.2, 0.25) is 0 Å². The summed E-state index contributed by atoms with van der Waals surface area (Å²) in [7, 11) is 0. The molecule has 5 heteroatoms. The average molecular weight is 236 g/mol. The number of nitrogens with one attached hydrogen (secondary N) is 1. The number of amidine groups is 1. The lowest BCUT2D eigenvalue weighted by molar-refractivity contribution is -0.145. The van der Waals surface area contributed by atoms with Gasteiger partial charge in [0, 0.05) is 5.56 Å². The highest BCUT2D eigenvalue weighted by Gasteiger charge is 2.17. The highest BCUT2D eigenvalue weighted by molar-refractivity contribution is 5.94. The molecule has 1 rings (SSSR count). The molecule has 17 heavy (non-hydrogen) atoms. The van der Waals surface area contributed by atoms with Crippen LogP contribution in [-0.2, 0) is 4.79 Å². The van der Waals surface area contributed by atoms with Crippen LogP contribution in [0.1, 0.15) is 25.3 Å². The van der Waals surface area contributed by atoms with Gasteiger partial charge in [-0.25, -0.2) is 4.79 Å². The first kappa shape index (κ1) is 13.0. The molecule has 5 nitrogen and oxygen atoms in total. The van der Waals surface area contributed by atoms with E-state index in [2.05, 4.69) is 0 Å². The van der Waals surface area contributed by atoms with Gasteiger partial charge in [-0.15, -0.1) is 0 Å². The van der Waals surface area contributed by atoms with E-state index in [1.807, 2.05) is 6.92 Å². The number of aliphatic carboxylic acids is 1. The number of hydrogen-bond acceptors (Lipinski definition) is 3. The fourth-order valence-electron chi connectivity index (χ4n) is 1.37. The van der Waals surface area contributed by atoms with Crippen molar-refractivity contribution in [2.75, 3.05) is 0 Å². The van der Waals surface area contributed by atoms with Crippen LogP contribution in [0.25, 0.3) is 0 Å². The van der Waals surface area contributed by atoms with Gasteiger partial charge in [0.15, 0.2) is 6.10 Å².